The molecule has 1 aliphatic heterocycles. The first kappa shape index (κ1) is 13.7. The number of halogens is 2. The molecule has 8 heteroatoms. The van der Waals surface area contributed by atoms with Crippen molar-refractivity contribution >= 4 is 15.8 Å². The van der Waals surface area contributed by atoms with Crippen LogP contribution in [0.15, 0.2) is 17.0 Å². The molecule has 2 rings (SSSR count). The van der Waals surface area contributed by atoms with Crippen molar-refractivity contribution in [1.29, 1.82) is 0 Å². The standard InChI is InChI=1S/C11H10F2O5S/c1-5-2-9(13)19(16,17)8-4-6(11(14)15)3-7(12)10(8)18-5/h3-5,9H,2H2,1H3,(H,14,15)/t5-,9+/m1/s1. The van der Waals surface area contributed by atoms with E-state index >= 15 is 0 Å². The molecule has 5 nitrogen and oxygen atoms in total. The molecule has 0 spiro atoms. The maximum absolute atomic E-state index is 13.7. The van der Waals surface area contributed by atoms with Crippen molar-refractivity contribution in [2.24, 2.45) is 0 Å². The summed E-state index contributed by atoms with van der Waals surface area (Å²) < 4.78 is 56.2. The van der Waals surface area contributed by atoms with Crippen LogP contribution in [0, 0.1) is 5.82 Å². The zero-order valence-corrected chi connectivity index (χ0v) is 10.6. The van der Waals surface area contributed by atoms with Gasteiger partial charge in [-0.05, 0) is 19.1 Å². The van der Waals surface area contributed by atoms with E-state index in [2.05, 4.69) is 0 Å². The van der Waals surface area contributed by atoms with Gasteiger partial charge in [0, 0.05) is 6.42 Å². The average molecular weight is 292 g/mol. The van der Waals surface area contributed by atoms with Gasteiger partial charge >= 0.3 is 5.97 Å². The highest BCUT2D eigenvalue weighted by atomic mass is 32.2. The monoisotopic (exact) mass is 292 g/mol. The number of hydrogen-bond acceptors (Lipinski definition) is 4. The van der Waals surface area contributed by atoms with E-state index < -0.39 is 55.9 Å². The molecule has 1 aliphatic rings. The quantitative estimate of drug-likeness (QED) is 0.853. The van der Waals surface area contributed by atoms with Gasteiger partial charge < -0.3 is 9.84 Å². The predicted octanol–water partition coefficient (Wildman–Crippen LogP) is 1.76. The fraction of sp³-hybridized carbons (Fsp3) is 0.364. The van der Waals surface area contributed by atoms with E-state index in [1.165, 1.54) is 6.92 Å². The second kappa shape index (κ2) is 4.44. The number of benzene rings is 1. The second-order valence-corrected chi connectivity index (χ2v) is 6.25. The van der Waals surface area contributed by atoms with Gasteiger partial charge in [-0.1, -0.05) is 0 Å². The van der Waals surface area contributed by atoms with Crippen LogP contribution in [0.4, 0.5) is 8.78 Å². The molecule has 0 aromatic heterocycles. The number of carboxylic acid groups (broad SMARTS) is 1. The van der Waals surface area contributed by atoms with E-state index in [0.29, 0.717) is 12.1 Å². The van der Waals surface area contributed by atoms with E-state index in [1.54, 1.807) is 0 Å². The topological polar surface area (TPSA) is 80.7 Å². The van der Waals surface area contributed by atoms with Gasteiger partial charge in [-0.2, -0.15) is 0 Å². The molecule has 2 atom stereocenters. The Morgan fingerprint density at radius 2 is 2.11 bits per heavy atom. The van der Waals surface area contributed by atoms with Crippen LogP contribution in [0.25, 0.3) is 0 Å². The number of sulfone groups is 1. The number of carbonyl (C=O) groups is 1. The van der Waals surface area contributed by atoms with Gasteiger partial charge in [0.1, 0.15) is 4.90 Å². The van der Waals surface area contributed by atoms with Gasteiger partial charge in [0.05, 0.1) is 11.7 Å². The van der Waals surface area contributed by atoms with Gasteiger partial charge in [-0.3, -0.25) is 0 Å². The van der Waals surface area contributed by atoms with E-state index in [4.69, 9.17) is 9.84 Å². The molecule has 1 heterocycles. The molecule has 1 N–H and O–H groups in total. The predicted molar refractivity (Wildman–Crippen MR) is 60.1 cm³/mol. The molecule has 0 saturated heterocycles. The zero-order chi connectivity index (χ0) is 14.4. The molecule has 19 heavy (non-hydrogen) atoms. The minimum Gasteiger partial charge on any atom is -0.486 e. The van der Waals surface area contributed by atoms with Crippen molar-refractivity contribution in [3.8, 4) is 5.75 Å². The van der Waals surface area contributed by atoms with Crippen molar-refractivity contribution in [3.05, 3.63) is 23.5 Å². The third-order valence-electron chi connectivity index (χ3n) is 2.74. The van der Waals surface area contributed by atoms with Crippen LogP contribution in [-0.2, 0) is 9.84 Å². The summed E-state index contributed by atoms with van der Waals surface area (Å²) in [4.78, 5) is 10.0. The van der Waals surface area contributed by atoms with E-state index in [-0.39, 0.29) is 0 Å². The second-order valence-electron chi connectivity index (χ2n) is 4.21. The molecular weight excluding hydrogens is 282 g/mol. The van der Waals surface area contributed by atoms with Crippen LogP contribution in [-0.4, -0.2) is 31.1 Å². The Kier molecular flexibility index (Phi) is 3.21. The number of alkyl halides is 1. The lowest BCUT2D eigenvalue weighted by atomic mass is 10.2. The first-order valence-electron chi connectivity index (χ1n) is 5.35. The maximum Gasteiger partial charge on any atom is 0.335 e. The molecule has 0 aliphatic carbocycles. The summed E-state index contributed by atoms with van der Waals surface area (Å²) in [7, 11) is -4.46. The summed E-state index contributed by atoms with van der Waals surface area (Å²) in [6.07, 6.45) is -1.28. The maximum atomic E-state index is 13.7. The third kappa shape index (κ3) is 2.27. The molecular formula is C11H10F2O5S. The SMILES string of the molecule is C[C@@H]1C[C@@H](F)S(=O)(=O)c2cc(C(=O)O)cc(F)c2O1. The molecule has 0 unspecified atom stereocenters. The lowest BCUT2D eigenvalue weighted by Gasteiger charge is -2.12. The lowest BCUT2D eigenvalue weighted by Crippen LogP contribution is -2.20. The zero-order valence-electron chi connectivity index (χ0n) is 9.76. The molecule has 0 saturated carbocycles. The van der Waals surface area contributed by atoms with Crippen molar-refractivity contribution in [1.82, 2.24) is 0 Å². The fourth-order valence-electron chi connectivity index (χ4n) is 1.79. The minimum atomic E-state index is -4.46. The summed E-state index contributed by atoms with van der Waals surface area (Å²) in [5.41, 5.74) is -2.84. The third-order valence-corrected chi connectivity index (χ3v) is 4.52. The highest BCUT2D eigenvalue weighted by molar-refractivity contribution is 7.92. The molecule has 104 valence electrons. The summed E-state index contributed by atoms with van der Waals surface area (Å²) in [6, 6.07) is 1.35. The normalized spacial score (nSPS) is 25.0. The Morgan fingerprint density at radius 3 is 2.68 bits per heavy atom. The van der Waals surface area contributed by atoms with Crippen LogP contribution < -0.4 is 4.74 Å². The number of carboxylic acids is 1. The van der Waals surface area contributed by atoms with Crippen LogP contribution >= 0.6 is 0 Å². The summed E-state index contributed by atoms with van der Waals surface area (Å²) >= 11 is 0. The average Bonchev–Trinajstić information content (AvgIpc) is 2.37. The number of aromatic carboxylic acids is 1. The Morgan fingerprint density at radius 1 is 1.47 bits per heavy atom. The van der Waals surface area contributed by atoms with Crippen LogP contribution in [0.3, 0.4) is 0 Å². The Balaban J connectivity index is 2.76. The first-order valence-corrected chi connectivity index (χ1v) is 6.89. The van der Waals surface area contributed by atoms with Crippen LogP contribution in [0.2, 0.25) is 0 Å². The summed E-state index contributed by atoms with van der Waals surface area (Å²) in [6.45, 7) is 1.40. The summed E-state index contributed by atoms with van der Waals surface area (Å²) in [5, 5.41) is 8.77. The van der Waals surface area contributed by atoms with Gasteiger partial charge in [0.25, 0.3) is 0 Å². The fourth-order valence-corrected chi connectivity index (χ4v) is 3.29. The van der Waals surface area contributed by atoms with Crippen molar-refractivity contribution in [2.45, 2.75) is 29.8 Å². The molecule has 1 aromatic carbocycles. The first-order chi connectivity index (χ1) is 8.73. The van der Waals surface area contributed by atoms with Crippen molar-refractivity contribution < 1.29 is 31.8 Å². The van der Waals surface area contributed by atoms with E-state index in [0.717, 1.165) is 0 Å². The summed E-state index contributed by atoms with van der Waals surface area (Å²) in [5.74, 6) is -3.28. The molecule has 0 bridgehead atoms. The van der Waals surface area contributed by atoms with E-state index in [1.807, 2.05) is 0 Å². The highest BCUT2D eigenvalue weighted by Crippen LogP contribution is 2.36. The lowest BCUT2D eigenvalue weighted by molar-refractivity contribution is 0.0696. The van der Waals surface area contributed by atoms with Crippen LogP contribution in [0.5, 0.6) is 5.75 Å². The Bertz CT molecular complexity index is 641. The number of ether oxygens (including phenoxy) is 1. The Hall–Kier alpha value is -1.70. The number of rotatable bonds is 1. The van der Waals surface area contributed by atoms with Crippen molar-refractivity contribution in [2.75, 3.05) is 0 Å². The largest absolute Gasteiger partial charge is 0.486 e. The van der Waals surface area contributed by atoms with Gasteiger partial charge in [0.2, 0.25) is 15.3 Å². The van der Waals surface area contributed by atoms with Crippen LogP contribution in [0.1, 0.15) is 23.7 Å². The minimum absolute atomic E-state index is 0.446. The molecule has 0 fully saturated rings. The highest BCUT2D eigenvalue weighted by Gasteiger charge is 2.38. The Labute approximate surface area is 107 Å². The van der Waals surface area contributed by atoms with Crippen molar-refractivity contribution in [3.63, 3.8) is 0 Å². The van der Waals surface area contributed by atoms with Gasteiger partial charge in [-0.25, -0.2) is 22.0 Å². The smallest absolute Gasteiger partial charge is 0.335 e. The van der Waals surface area contributed by atoms with Gasteiger partial charge in [-0.15, -0.1) is 0 Å². The molecule has 0 amide bonds. The van der Waals surface area contributed by atoms with E-state index in [9.17, 15) is 22.0 Å². The molecule has 0 radical (unpaired) electrons. The molecule has 1 aromatic rings. The van der Waals surface area contributed by atoms with Gasteiger partial charge in [0.15, 0.2) is 11.6 Å². The number of hydrogen-bond donors (Lipinski definition) is 1. The number of fused-ring (bicyclic) bond motifs is 1.